The average Bonchev–Trinajstić information content (AvgIpc) is 2.73. The molecule has 1 amide bonds. The molecule has 2 aromatic carbocycles. The first-order chi connectivity index (χ1) is 9.84. The third kappa shape index (κ3) is 2.68. The Morgan fingerprint density at radius 2 is 1.67 bits per heavy atom. The molecular weight excluding hydrogens is 347 g/mol. The van der Waals surface area contributed by atoms with Gasteiger partial charge in [0.1, 0.15) is 0 Å². The number of nitrogens with one attached hydrogen (secondary N) is 1. The molecule has 1 aliphatic rings. The molecular formula is C15H9BrF3NO. The number of alkyl halides is 3. The zero-order valence-corrected chi connectivity index (χ0v) is 12.2. The highest BCUT2D eigenvalue weighted by Crippen LogP contribution is 2.39. The van der Waals surface area contributed by atoms with E-state index in [0.29, 0.717) is 6.42 Å². The Hall–Kier alpha value is -1.82. The van der Waals surface area contributed by atoms with Crippen molar-refractivity contribution in [1.29, 1.82) is 0 Å². The lowest BCUT2D eigenvalue weighted by atomic mass is 10.1. The Kier molecular flexibility index (Phi) is 3.28. The zero-order valence-electron chi connectivity index (χ0n) is 10.6. The molecule has 21 heavy (non-hydrogen) atoms. The van der Waals surface area contributed by atoms with Crippen LogP contribution < -0.4 is 5.32 Å². The van der Waals surface area contributed by atoms with Gasteiger partial charge in [-0.1, -0.05) is 28.1 Å². The van der Waals surface area contributed by atoms with Gasteiger partial charge in [0, 0.05) is 10.2 Å². The molecule has 0 atom stereocenters. The molecule has 108 valence electrons. The van der Waals surface area contributed by atoms with Gasteiger partial charge in [0.25, 0.3) is 0 Å². The SMILES string of the molecule is O=C(Nc1ccc2c(c1)Cc1cc(Br)ccc1-2)C(F)(F)F. The predicted molar refractivity (Wildman–Crippen MR) is 77.1 cm³/mol. The van der Waals surface area contributed by atoms with Gasteiger partial charge >= 0.3 is 12.1 Å². The number of fused-ring (bicyclic) bond motifs is 3. The van der Waals surface area contributed by atoms with Gasteiger partial charge in [-0.3, -0.25) is 4.79 Å². The standard InChI is InChI=1S/C15H9BrF3NO/c16-10-1-3-12-8(6-10)5-9-7-11(2-4-13(9)12)20-14(21)15(17,18)19/h1-4,6-7H,5H2,(H,20,21). The number of halogens is 4. The Labute approximate surface area is 127 Å². The van der Waals surface area contributed by atoms with Gasteiger partial charge in [-0.05, 0) is 52.9 Å². The lowest BCUT2D eigenvalue weighted by Crippen LogP contribution is -2.29. The van der Waals surface area contributed by atoms with Gasteiger partial charge in [-0.15, -0.1) is 0 Å². The number of hydrogen-bond acceptors (Lipinski definition) is 1. The van der Waals surface area contributed by atoms with E-state index in [-0.39, 0.29) is 5.69 Å². The minimum Gasteiger partial charge on any atom is -0.318 e. The van der Waals surface area contributed by atoms with Crippen LogP contribution in [0.1, 0.15) is 11.1 Å². The van der Waals surface area contributed by atoms with E-state index < -0.39 is 12.1 Å². The molecule has 0 bridgehead atoms. The summed E-state index contributed by atoms with van der Waals surface area (Å²) in [5.74, 6) is -1.96. The van der Waals surface area contributed by atoms with Crippen LogP contribution in [0.5, 0.6) is 0 Å². The summed E-state index contributed by atoms with van der Waals surface area (Å²) in [7, 11) is 0. The fraction of sp³-hybridized carbons (Fsp3) is 0.133. The average molecular weight is 356 g/mol. The van der Waals surface area contributed by atoms with E-state index in [4.69, 9.17) is 0 Å². The highest BCUT2D eigenvalue weighted by atomic mass is 79.9. The van der Waals surface area contributed by atoms with Crippen molar-refractivity contribution >= 4 is 27.5 Å². The van der Waals surface area contributed by atoms with E-state index in [0.717, 1.165) is 26.7 Å². The largest absolute Gasteiger partial charge is 0.471 e. The van der Waals surface area contributed by atoms with Crippen molar-refractivity contribution in [3.8, 4) is 11.1 Å². The molecule has 0 heterocycles. The monoisotopic (exact) mass is 355 g/mol. The van der Waals surface area contributed by atoms with Gasteiger partial charge in [0.05, 0.1) is 0 Å². The van der Waals surface area contributed by atoms with E-state index in [1.165, 1.54) is 6.07 Å². The second kappa shape index (κ2) is 4.87. The number of carbonyl (C=O) groups is 1. The summed E-state index contributed by atoms with van der Waals surface area (Å²) in [6, 6.07) is 10.7. The van der Waals surface area contributed by atoms with Crippen molar-refractivity contribution in [2.24, 2.45) is 0 Å². The van der Waals surface area contributed by atoms with E-state index in [1.54, 1.807) is 12.1 Å². The van der Waals surface area contributed by atoms with Crippen LogP contribution in [-0.4, -0.2) is 12.1 Å². The van der Waals surface area contributed by atoms with Crippen LogP contribution in [0.3, 0.4) is 0 Å². The molecule has 0 saturated carbocycles. The van der Waals surface area contributed by atoms with Gasteiger partial charge in [0.15, 0.2) is 0 Å². The number of rotatable bonds is 1. The Bertz CT molecular complexity index is 740. The van der Waals surface area contributed by atoms with Gasteiger partial charge in [-0.2, -0.15) is 13.2 Å². The second-order valence-corrected chi connectivity index (χ2v) is 5.72. The molecule has 0 radical (unpaired) electrons. The number of anilines is 1. The molecule has 0 spiro atoms. The molecule has 6 heteroatoms. The first kappa shape index (κ1) is 14.1. The van der Waals surface area contributed by atoms with Crippen molar-refractivity contribution in [3.05, 3.63) is 52.0 Å². The van der Waals surface area contributed by atoms with Crippen LogP contribution in [-0.2, 0) is 11.2 Å². The quantitative estimate of drug-likeness (QED) is 0.683. The molecule has 0 saturated heterocycles. The van der Waals surface area contributed by atoms with Crippen molar-refractivity contribution < 1.29 is 18.0 Å². The van der Waals surface area contributed by atoms with Crippen LogP contribution in [0, 0.1) is 0 Å². The fourth-order valence-corrected chi connectivity index (χ4v) is 2.87. The molecule has 0 aromatic heterocycles. The number of carbonyl (C=O) groups excluding carboxylic acids is 1. The first-order valence-corrected chi connectivity index (χ1v) is 6.94. The molecule has 2 nitrogen and oxygen atoms in total. The predicted octanol–water partition coefficient (Wildman–Crippen LogP) is 4.52. The molecule has 0 aliphatic heterocycles. The smallest absolute Gasteiger partial charge is 0.318 e. The van der Waals surface area contributed by atoms with Gasteiger partial charge in [-0.25, -0.2) is 0 Å². The molecule has 1 aliphatic carbocycles. The van der Waals surface area contributed by atoms with Crippen LogP contribution >= 0.6 is 15.9 Å². The zero-order chi connectivity index (χ0) is 15.2. The van der Waals surface area contributed by atoms with Crippen LogP contribution in [0.4, 0.5) is 18.9 Å². The maximum atomic E-state index is 12.3. The van der Waals surface area contributed by atoms with Crippen molar-refractivity contribution in [3.63, 3.8) is 0 Å². The maximum Gasteiger partial charge on any atom is 0.471 e. The van der Waals surface area contributed by atoms with Crippen LogP contribution in [0.25, 0.3) is 11.1 Å². The van der Waals surface area contributed by atoms with Gasteiger partial charge < -0.3 is 5.32 Å². The van der Waals surface area contributed by atoms with Gasteiger partial charge in [0.2, 0.25) is 0 Å². The topological polar surface area (TPSA) is 29.1 Å². The summed E-state index contributed by atoms with van der Waals surface area (Å²) in [4.78, 5) is 11.0. The highest BCUT2D eigenvalue weighted by molar-refractivity contribution is 9.10. The third-order valence-electron chi connectivity index (χ3n) is 3.36. The summed E-state index contributed by atoms with van der Waals surface area (Å²) in [5.41, 5.74) is 4.23. The summed E-state index contributed by atoms with van der Waals surface area (Å²) < 4.78 is 37.7. The van der Waals surface area contributed by atoms with Crippen LogP contribution in [0.15, 0.2) is 40.9 Å². The van der Waals surface area contributed by atoms with Crippen molar-refractivity contribution in [2.45, 2.75) is 12.6 Å². The van der Waals surface area contributed by atoms with E-state index in [2.05, 4.69) is 15.9 Å². The molecule has 3 rings (SSSR count). The van der Waals surface area contributed by atoms with Crippen molar-refractivity contribution in [2.75, 3.05) is 5.32 Å². The summed E-state index contributed by atoms with van der Waals surface area (Å²) in [5, 5.41) is 1.88. The van der Waals surface area contributed by atoms with Crippen molar-refractivity contribution in [1.82, 2.24) is 0 Å². The Balaban J connectivity index is 1.90. The fourth-order valence-electron chi connectivity index (χ4n) is 2.46. The highest BCUT2D eigenvalue weighted by Gasteiger charge is 2.38. The lowest BCUT2D eigenvalue weighted by molar-refractivity contribution is -0.167. The van der Waals surface area contributed by atoms with E-state index in [9.17, 15) is 18.0 Å². The summed E-state index contributed by atoms with van der Waals surface area (Å²) >= 11 is 3.40. The normalized spacial score (nSPS) is 12.8. The van der Waals surface area contributed by atoms with E-state index in [1.807, 2.05) is 23.5 Å². The Morgan fingerprint density at radius 1 is 1.05 bits per heavy atom. The van der Waals surface area contributed by atoms with Crippen LogP contribution in [0.2, 0.25) is 0 Å². The molecule has 0 fully saturated rings. The summed E-state index contributed by atoms with van der Waals surface area (Å²) in [6.07, 6.45) is -4.24. The molecule has 2 aromatic rings. The number of hydrogen-bond donors (Lipinski definition) is 1. The first-order valence-electron chi connectivity index (χ1n) is 6.14. The van der Waals surface area contributed by atoms with E-state index >= 15 is 0 Å². The molecule has 1 N–H and O–H groups in total. The lowest BCUT2D eigenvalue weighted by Gasteiger charge is -2.09. The number of amides is 1. The summed E-state index contributed by atoms with van der Waals surface area (Å²) in [6.45, 7) is 0. The third-order valence-corrected chi connectivity index (χ3v) is 3.85. The Morgan fingerprint density at radius 3 is 2.33 bits per heavy atom. The number of benzene rings is 2. The minimum absolute atomic E-state index is 0.156. The minimum atomic E-state index is -4.88. The second-order valence-electron chi connectivity index (χ2n) is 4.80. The molecule has 0 unspecified atom stereocenters. The maximum absolute atomic E-state index is 12.3.